The van der Waals surface area contributed by atoms with Gasteiger partial charge in [0.05, 0.1) is 0 Å². The van der Waals surface area contributed by atoms with Gasteiger partial charge in [-0.25, -0.2) is 0 Å². The average Bonchev–Trinajstić information content (AvgIpc) is 2.86. The van der Waals surface area contributed by atoms with Gasteiger partial charge in [-0.1, -0.05) is 25.1 Å². The monoisotopic (exact) mass is 246 g/mol. The largest absolute Gasteiger partial charge is 0.339 e. The highest BCUT2D eigenvalue weighted by molar-refractivity contribution is 5.53. The minimum Gasteiger partial charge on any atom is -0.339 e. The summed E-state index contributed by atoms with van der Waals surface area (Å²) in [6.45, 7) is 4.12. The molecule has 0 aliphatic rings. The maximum absolute atomic E-state index is 5.87. The Morgan fingerprint density at radius 3 is 2.94 bits per heavy atom. The number of hydrogen-bond acceptors (Lipinski definition) is 5. The molecule has 1 atom stereocenters. The lowest BCUT2D eigenvalue weighted by Crippen LogP contribution is -2.21. The van der Waals surface area contributed by atoms with Crippen molar-refractivity contribution in [2.45, 2.75) is 39.2 Å². The standard InChI is InChI=1S/C13H18N4O/c1-3-9-6-5-7-15-12(9)13-16-11(18-17-13)8-10(14)4-2/h5-7,10H,3-4,8,14H2,1-2H3. The van der Waals surface area contributed by atoms with Crippen LogP contribution in [-0.4, -0.2) is 21.2 Å². The summed E-state index contributed by atoms with van der Waals surface area (Å²) < 4.78 is 5.21. The molecule has 5 heteroatoms. The van der Waals surface area contributed by atoms with Gasteiger partial charge in [0.1, 0.15) is 5.69 Å². The summed E-state index contributed by atoms with van der Waals surface area (Å²) >= 11 is 0. The zero-order valence-electron chi connectivity index (χ0n) is 10.8. The fourth-order valence-electron chi connectivity index (χ4n) is 1.73. The molecule has 0 bridgehead atoms. The molecule has 2 N–H and O–H groups in total. The number of aryl methyl sites for hydroxylation is 1. The van der Waals surface area contributed by atoms with Crippen molar-refractivity contribution in [3.8, 4) is 11.5 Å². The summed E-state index contributed by atoms with van der Waals surface area (Å²) in [6.07, 6.45) is 4.13. The molecular weight excluding hydrogens is 228 g/mol. The zero-order chi connectivity index (χ0) is 13.0. The van der Waals surface area contributed by atoms with Gasteiger partial charge in [-0.05, 0) is 24.5 Å². The van der Waals surface area contributed by atoms with Crippen LogP contribution in [0.2, 0.25) is 0 Å². The minimum absolute atomic E-state index is 0.0627. The molecule has 0 spiro atoms. The molecule has 0 saturated heterocycles. The molecule has 2 aromatic heterocycles. The normalized spacial score (nSPS) is 12.6. The van der Waals surface area contributed by atoms with Crippen LogP contribution in [0.25, 0.3) is 11.5 Å². The van der Waals surface area contributed by atoms with Crippen molar-refractivity contribution < 1.29 is 4.52 Å². The molecule has 18 heavy (non-hydrogen) atoms. The van der Waals surface area contributed by atoms with E-state index in [1.165, 1.54) is 0 Å². The fourth-order valence-corrected chi connectivity index (χ4v) is 1.73. The predicted molar refractivity (Wildman–Crippen MR) is 68.9 cm³/mol. The summed E-state index contributed by atoms with van der Waals surface area (Å²) in [6, 6.07) is 4.00. The zero-order valence-corrected chi connectivity index (χ0v) is 10.8. The van der Waals surface area contributed by atoms with Crippen LogP contribution in [0.15, 0.2) is 22.9 Å². The Hall–Kier alpha value is -1.75. The first-order valence-electron chi connectivity index (χ1n) is 6.27. The van der Waals surface area contributed by atoms with E-state index in [1.807, 2.05) is 19.1 Å². The van der Waals surface area contributed by atoms with Crippen LogP contribution >= 0.6 is 0 Å². The maximum atomic E-state index is 5.87. The van der Waals surface area contributed by atoms with Gasteiger partial charge < -0.3 is 10.3 Å². The predicted octanol–water partition coefficient (Wildman–Crippen LogP) is 1.97. The van der Waals surface area contributed by atoms with Crippen molar-refractivity contribution in [1.82, 2.24) is 15.1 Å². The molecule has 0 aliphatic carbocycles. The molecule has 0 radical (unpaired) electrons. The topological polar surface area (TPSA) is 77.8 Å². The summed E-state index contributed by atoms with van der Waals surface area (Å²) in [5.41, 5.74) is 7.77. The molecule has 2 aromatic rings. The number of hydrogen-bond donors (Lipinski definition) is 1. The number of aromatic nitrogens is 3. The van der Waals surface area contributed by atoms with E-state index >= 15 is 0 Å². The van der Waals surface area contributed by atoms with E-state index < -0.39 is 0 Å². The van der Waals surface area contributed by atoms with Gasteiger partial charge in [-0.15, -0.1) is 0 Å². The molecule has 0 saturated carbocycles. The Balaban J connectivity index is 2.24. The van der Waals surface area contributed by atoms with E-state index in [4.69, 9.17) is 10.3 Å². The second kappa shape index (κ2) is 5.73. The fraction of sp³-hybridized carbons (Fsp3) is 0.462. The van der Waals surface area contributed by atoms with Crippen molar-refractivity contribution in [2.24, 2.45) is 5.73 Å². The molecular formula is C13H18N4O. The molecule has 1 unspecified atom stereocenters. The summed E-state index contributed by atoms with van der Waals surface area (Å²) in [5, 5.41) is 3.98. The first-order chi connectivity index (χ1) is 8.74. The van der Waals surface area contributed by atoms with E-state index in [-0.39, 0.29) is 6.04 Å². The van der Waals surface area contributed by atoms with Gasteiger partial charge in [-0.3, -0.25) is 4.98 Å². The van der Waals surface area contributed by atoms with E-state index in [1.54, 1.807) is 6.20 Å². The van der Waals surface area contributed by atoms with Gasteiger partial charge in [0, 0.05) is 18.7 Å². The summed E-state index contributed by atoms with van der Waals surface area (Å²) in [4.78, 5) is 8.67. The summed E-state index contributed by atoms with van der Waals surface area (Å²) in [7, 11) is 0. The van der Waals surface area contributed by atoms with E-state index in [0.29, 0.717) is 18.1 Å². The minimum atomic E-state index is 0.0627. The molecule has 96 valence electrons. The Labute approximate surface area is 106 Å². The van der Waals surface area contributed by atoms with Crippen LogP contribution in [0.1, 0.15) is 31.7 Å². The van der Waals surface area contributed by atoms with Gasteiger partial charge >= 0.3 is 0 Å². The van der Waals surface area contributed by atoms with Crippen molar-refractivity contribution in [1.29, 1.82) is 0 Å². The van der Waals surface area contributed by atoms with Gasteiger partial charge in [0.15, 0.2) is 0 Å². The molecule has 0 fully saturated rings. The second-order valence-corrected chi connectivity index (χ2v) is 4.25. The Kier molecular flexibility index (Phi) is 4.04. The lowest BCUT2D eigenvalue weighted by Gasteiger charge is -2.02. The first-order valence-corrected chi connectivity index (χ1v) is 6.27. The highest BCUT2D eigenvalue weighted by Crippen LogP contribution is 2.18. The van der Waals surface area contributed by atoms with E-state index in [2.05, 4.69) is 22.0 Å². The van der Waals surface area contributed by atoms with Crippen molar-refractivity contribution in [3.05, 3.63) is 29.8 Å². The number of nitrogens with zero attached hydrogens (tertiary/aromatic N) is 3. The Morgan fingerprint density at radius 2 is 2.22 bits per heavy atom. The average molecular weight is 246 g/mol. The summed E-state index contributed by atoms with van der Waals surface area (Å²) in [5.74, 6) is 1.12. The van der Waals surface area contributed by atoms with Crippen molar-refractivity contribution >= 4 is 0 Å². The third-order valence-electron chi connectivity index (χ3n) is 2.91. The number of pyridine rings is 1. The number of rotatable bonds is 5. The smallest absolute Gasteiger partial charge is 0.228 e. The van der Waals surface area contributed by atoms with Crippen LogP contribution in [-0.2, 0) is 12.8 Å². The Bertz CT molecular complexity index is 509. The molecule has 5 nitrogen and oxygen atoms in total. The van der Waals surface area contributed by atoms with Gasteiger partial charge in [-0.2, -0.15) is 4.98 Å². The molecule has 2 rings (SSSR count). The van der Waals surface area contributed by atoms with Crippen molar-refractivity contribution in [3.63, 3.8) is 0 Å². The third-order valence-corrected chi connectivity index (χ3v) is 2.91. The van der Waals surface area contributed by atoms with E-state index in [0.717, 1.165) is 24.1 Å². The quantitative estimate of drug-likeness (QED) is 0.872. The van der Waals surface area contributed by atoms with Gasteiger partial charge in [0.25, 0.3) is 0 Å². The maximum Gasteiger partial charge on any atom is 0.228 e. The van der Waals surface area contributed by atoms with Crippen LogP contribution in [0, 0.1) is 0 Å². The lowest BCUT2D eigenvalue weighted by atomic mass is 10.1. The van der Waals surface area contributed by atoms with Crippen LogP contribution in [0.4, 0.5) is 0 Å². The van der Waals surface area contributed by atoms with E-state index in [9.17, 15) is 0 Å². The van der Waals surface area contributed by atoms with Gasteiger partial charge in [0.2, 0.25) is 11.7 Å². The Morgan fingerprint density at radius 1 is 1.39 bits per heavy atom. The molecule has 0 aliphatic heterocycles. The lowest BCUT2D eigenvalue weighted by molar-refractivity contribution is 0.367. The second-order valence-electron chi connectivity index (χ2n) is 4.25. The number of nitrogens with two attached hydrogens (primary N) is 1. The van der Waals surface area contributed by atoms with Crippen molar-refractivity contribution in [2.75, 3.05) is 0 Å². The molecule has 2 heterocycles. The third kappa shape index (κ3) is 2.73. The highest BCUT2D eigenvalue weighted by atomic mass is 16.5. The SMILES string of the molecule is CCc1cccnc1-c1noc(CC(N)CC)n1. The molecule has 0 amide bonds. The van der Waals surface area contributed by atoms with Crippen LogP contribution in [0.3, 0.4) is 0 Å². The highest BCUT2D eigenvalue weighted by Gasteiger charge is 2.14. The first kappa shape index (κ1) is 12.7. The molecule has 0 aromatic carbocycles. The van der Waals surface area contributed by atoms with Crippen LogP contribution in [0.5, 0.6) is 0 Å². The van der Waals surface area contributed by atoms with Crippen LogP contribution < -0.4 is 5.73 Å².